The summed E-state index contributed by atoms with van der Waals surface area (Å²) in [5, 5.41) is 14.6. The van der Waals surface area contributed by atoms with Crippen molar-refractivity contribution in [3.05, 3.63) is 69.8 Å². The van der Waals surface area contributed by atoms with Crippen LogP contribution in [0.15, 0.2) is 48.5 Å². The van der Waals surface area contributed by atoms with E-state index in [0.29, 0.717) is 12.1 Å². The van der Waals surface area contributed by atoms with Crippen LogP contribution < -0.4 is 5.32 Å². The van der Waals surface area contributed by atoms with E-state index in [1.54, 1.807) is 39.0 Å². The van der Waals surface area contributed by atoms with Crippen LogP contribution in [0.4, 0.5) is 16.2 Å². The Hall–Kier alpha value is -3.62. The lowest BCUT2D eigenvalue weighted by Gasteiger charge is -2.38. The standard InChI is InChI=1S/C25H31N3O6/c1-17-9-11-18(12-10-17)13-20(26-21-7-5-6-8-22(21)28(31)32)16-33-23(29)19-14-27(15-19)24(30)34-25(2,3)4/h5-12,19-20,26H,13-16H2,1-4H3/t20-/m0/s1. The molecule has 0 aromatic heterocycles. The number of likely N-dealkylation sites (tertiary alicyclic amines) is 1. The summed E-state index contributed by atoms with van der Waals surface area (Å²) in [5.41, 5.74) is 1.85. The van der Waals surface area contributed by atoms with Gasteiger partial charge in [-0.05, 0) is 45.7 Å². The highest BCUT2D eigenvalue weighted by Crippen LogP contribution is 2.25. The van der Waals surface area contributed by atoms with Crippen LogP contribution >= 0.6 is 0 Å². The van der Waals surface area contributed by atoms with Gasteiger partial charge in [0.1, 0.15) is 17.9 Å². The fourth-order valence-electron chi connectivity index (χ4n) is 3.54. The van der Waals surface area contributed by atoms with Gasteiger partial charge in [-0.2, -0.15) is 0 Å². The molecule has 1 fully saturated rings. The first-order valence-corrected chi connectivity index (χ1v) is 11.2. The summed E-state index contributed by atoms with van der Waals surface area (Å²) in [6.07, 6.45) is 0.0563. The van der Waals surface area contributed by atoms with E-state index < -0.39 is 28.5 Å². The molecule has 2 aromatic carbocycles. The number of nitro groups is 1. The summed E-state index contributed by atoms with van der Waals surface area (Å²) < 4.78 is 10.9. The maximum absolute atomic E-state index is 12.6. The van der Waals surface area contributed by atoms with Crippen molar-refractivity contribution in [3.63, 3.8) is 0 Å². The predicted molar refractivity (Wildman–Crippen MR) is 128 cm³/mol. The van der Waals surface area contributed by atoms with Gasteiger partial charge in [0.15, 0.2) is 0 Å². The molecule has 182 valence electrons. The van der Waals surface area contributed by atoms with Gasteiger partial charge < -0.3 is 19.7 Å². The smallest absolute Gasteiger partial charge is 0.410 e. The third kappa shape index (κ3) is 6.94. The monoisotopic (exact) mass is 469 g/mol. The number of nitrogens with zero attached hydrogens (tertiary/aromatic N) is 2. The lowest BCUT2D eigenvalue weighted by atomic mass is 10.0. The Morgan fingerprint density at radius 3 is 2.41 bits per heavy atom. The van der Waals surface area contributed by atoms with Crippen LogP contribution in [0.25, 0.3) is 0 Å². The zero-order chi connectivity index (χ0) is 24.9. The Morgan fingerprint density at radius 1 is 1.15 bits per heavy atom. The van der Waals surface area contributed by atoms with E-state index in [9.17, 15) is 19.7 Å². The fraction of sp³-hybridized carbons (Fsp3) is 0.440. The molecule has 0 radical (unpaired) electrons. The Balaban J connectivity index is 1.62. The minimum atomic E-state index is -0.600. The van der Waals surface area contributed by atoms with Crippen LogP contribution in [0.3, 0.4) is 0 Å². The van der Waals surface area contributed by atoms with E-state index in [2.05, 4.69) is 5.32 Å². The number of hydrogen-bond donors (Lipinski definition) is 1. The molecule has 9 heteroatoms. The highest BCUT2D eigenvalue weighted by atomic mass is 16.6. The summed E-state index contributed by atoms with van der Waals surface area (Å²) in [6, 6.07) is 13.9. The summed E-state index contributed by atoms with van der Waals surface area (Å²) in [7, 11) is 0. The van der Waals surface area contributed by atoms with Crippen molar-refractivity contribution in [2.24, 2.45) is 5.92 Å². The lowest BCUT2D eigenvalue weighted by Crippen LogP contribution is -2.54. The molecule has 0 unspecified atom stereocenters. The first-order chi connectivity index (χ1) is 16.0. The van der Waals surface area contributed by atoms with E-state index in [1.165, 1.54) is 11.0 Å². The van der Waals surface area contributed by atoms with Gasteiger partial charge in [-0.3, -0.25) is 14.9 Å². The van der Waals surface area contributed by atoms with Crippen molar-refractivity contribution in [1.29, 1.82) is 0 Å². The quantitative estimate of drug-likeness (QED) is 0.348. The van der Waals surface area contributed by atoms with E-state index in [0.717, 1.165) is 11.1 Å². The number of nitro benzene ring substituents is 1. The lowest BCUT2D eigenvalue weighted by molar-refractivity contribution is -0.384. The van der Waals surface area contributed by atoms with Crippen LogP contribution in [-0.4, -0.2) is 53.2 Å². The molecular weight excluding hydrogens is 438 g/mol. The minimum absolute atomic E-state index is 0.0295. The van der Waals surface area contributed by atoms with Crippen molar-refractivity contribution in [2.75, 3.05) is 25.0 Å². The van der Waals surface area contributed by atoms with Crippen LogP contribution in [0.2, 0.25) is 0 Å². The highest BCUT2D eigenvalue weighted by molar-refractivity contribution is 5.78. The van der Waals surface area contributed by atoms with Crippen molar-refractivity contribution >= 4 is 23.4 Å². The van der Waals surface area contributed by atoms with Gasteiger partial charge in [-0.25, -0.2) is 4.79 Å². The zero-order valence-corrected chi connectivity index (χ0v) is 19.9. The number of aryl methyl sites for hydroxylation is 1. The van der Waals surface area contributed by atoms with Crippen LogP contribution in [-0.2, 0) is 20.7 Å². The topological polar surface area (TPSA) is 111 Å². The molecule has 2 aromatic rings. The molecule has 1 amide bonds. The molecule has 34 heavy (non-hydrogen) atoms. The number of hydrogen-bond acceptors (Lipinski definition) is 7. The molecule has 1 aliphatic heterocycles. The molecule has 0 bridgehead atoms. The number of rotatable bonds is 8. The Kier molecular flexibility index (Phi) is 7.75. The number of amides is 1. The van der Waals surface area contributed by atoms with Gasteiger partial charge in [-0.15, -0.1) is 0 Å². The molecular formula is C25H31N3O6. The van der Waals surface area contributed by atoms with Crippen molar-refractivity contribution in [2.45, 2.75) is 45.8 Å². The normalized spacial score (nSPS) is 14.6. The average molecular weight is 470 g/mol. The van der Waals surface area contributed by atoms with E-state index in [1.807, 2.05) is 31.2 Å². The molecule has 0 saturated carbocycles. The average Bonchev–Trinajstić information content (AvgIpc) is 2.71. The maximum atomic E-state index is 12.6. The molecule has 3 rings (SSSR count). The van der Waals surface area contributed by atoms with E-state index in [-0.39, 0.29) is 31.4 Å². The van der Waals surface area contributed by atoms with Crippen molar-refractivity contribution in [1.82, 2.24) is 4.90 Å². The van der Waals surface area contributed by atoms with Crippen LogP contribution in [0, 0.1) is 23.0 Å². The number of ether oxygens (including phenoxy) is 2. The first-order valence-electron chi connectivity index (χ1n) is 11.2. The first kappa shape index (κ1) is 25.0. The van der Waals surface area contributed by atoms with Gasteiger partial charge in [0, 0.05) is 19.2 Å². The van der Waals surface area contributed by atoms with Gasteiger partial charge >= 0.3 is 12.1 Å². The second-order valence-electron chi connectivity index (χ2n) is 9.52. The minimum Gasteiger partial charge on any atom is -0.463 e. The predicted octanol–water partition coefficient (Wildman–Crippen LogP) is 4.34. The zero-order valence-electron chi connectivity index (χ0n) is 19.9. The summed E-state index contributed by atoms with van der Waals surface area (Å²) in [4.78, 5) is 37.1. The summed E-state index contributed by atoms with van der Waals surface area (Å²) in [5.74, 6) is -0.823. The Bertz CT molecular complexity index is 1030. The molecule has 1 heterocycles. The largest absolute Gasteiger partial charge is 0.463 e. The molecule has 1 saturated heterocycles. The number of nitrogens with one attached hydrogen (secondary N) is 1. The number of benzene rings is 2. The summed E-state index contributed by atoms with van der Waals surface area (Å²) >= 11 is 0. The third-order valence-electron chi connectivity index (χ3n) is 5.36. The highest BCUT2D eigenvalue weighted by Gasteiger charge is 2.39. The molecule has 0 spiro atoms. The van der Waals surface area contributed by atoms with Crippen LogP contribution in [0.5, 0.6) is 0 Å². The Morgan fingerprint density at radius 2 is 1.79 bits per heavy atom. The number of carbonyl (C=O) groups is 2. The fourth-order valence-corrected chi connectivity index (χ4v) is 3.54. The second kappa shape index (κ2) is 10.5. The molecule has 0 aliphatic carbocycles. The van der Waals surface area contributed by atoms with Crippen molar-refractivity contribution in [3.8, 4) is 0 Å². The van der Waals surface area contributed by atoms with E-state index >= 15 is 0 Å². The second-order valence-corrected chi connectivity index (χ2v) is 9.52. The number of esters is 1. The third-order valence-corrected chi connectivity index (χ3v) is 5.36. The van der Waals surface area contributed by atoms with Gasteiger partial charge in [0.2, 0.25) is 0 Å². The number of para-hydroxylation sites is 2. The molecule has 1 N–H and O–H groups in total. The molecule has 9 nitrogen and oxygen atoms in total. The molecule has 1 atom stereocenters. The molecule has 1 aliphatic rings. The number of anilines is 1. The van der Waals surface area contributed by atoms with Gasteiger partial charge in [0.25, 0.3) is 5.69 Å². The van der Waals surface area contributed by atoms with Crippen LogP contribution in [0.1, 0.15) is 31.9 Å². The maximum Gasteiger partial charge on any atom is 0.410 e. The van der Waals surface area contributed by atoms with Gasteiger partial charge in [0.05, 0.1) is 16.9 Å². The summed E-state index contributed by atoms with van der Waals surface area (Å²) in [6.45, 7) is 7.87. The number of carbonyl (C=O) groups excluding carboxylic acids is 2. The SMILES string of the molecule is Cc1ccc(C[C@@H](COC(=O)C2CN(C(=O)OC(C)(C)C)C2)Nc2ccccc2[N+](=O)[O-])cc1. The Labute approximate surface area is 199 Å². The van der Waals surface area contributed by atoms with E-state index in [4.69, 9.17) is 9.47 Å². The van der Waals surface area contributed by atoms with Gasteiger partial charge in [-0.1, -0.05) is 42.0 Å². The van der Waals surface area contributed by atoms with Crippen molar-refractivity contribution < 1.29 is 24.0 Å².